The number of carbonyl (C=O) groups excluding carboxylic acids is 1. The Bertz CT molecular complexity index is 1360. The van der Waals surface area contributed by atoms with Crippen LogP contribution in [0.15, 0.2) is 63.9 Å². The van der Waals surface area contributed by atoms with Crippen molar-refractivity contribution in [1.29, 1.82) is 0 Å². The Hall–Kier alpha value is -2.88. The molecule has 2 aromatic heterocycles. The predicted molar refractivity (Wildman–Crippen MR) is 127 cm³/mol. The van der Waals surface area contributed by atoms with Gasteiger partial charge in [-0.15, -0.1) is 11.3 Å². The summed E-state index contributed by atoms with van der Waals surface area (Å²) < 4.78 is 21.4. The summed E-state index contributed by atoms with van der Waals surface area (Å²) in [7, 11) is 1.57. The van der Waals surface area contributed by atoms with Crippen molar-refractivity contribution in [1.82, 2.24) is 9.55 Å². The van der Waals surface area contributed by atoms with E-state index >= 15 is 0 Å². The standard InChI is InChI=1S/C22H17ClFN3O3S2/c1-30-18-5-3-2-4-13(18)11-27-21(29)20-17(8-9-31-20)26-22(27)32-12-19(28)25-16-7-6-14(23)10-15(16)24/h2-10H,11-12H2,1H3,(H,25,28). The summed E-state index contributed by atoms with van der Waals surface area (Å²) in [5, 5.41) is 4.94. The Morgan fingerprint density at radius 2 is 2.09 bits per heavy atom. The van der Waals surface area contributed by atoms with Crippen molar-refractivity contribution < 1.29 is 13.9 Å². The van der Waals surface area contributed by atoms with E-state index in [1.54, 1.807) is 18.6 Å². The molecule has 0 bridgehead atoms. The number of benzene rings is 2. The number of halogens is 2. The van der Waals surface area contributed by atoms with E-state index in [0.717, 1.165) is 23.4 Å². The lowest BCUT2D eigenvalue weighted by Crippen LogP contribution is -2.24. The summed E-state index contributed by atoms with van der Waals surface area (Å²) in [4.78, 5) is 30.1. The topological polar surface area (TPSA) is 73.2 Å². The van der Waals surface area contributed by atoms with Crippen LogP contribution in [-0.2, 0) is 11.3 Å². The van der Waals surface area contributed by atoms with Crippen LogP contribution in [0.3, 0.4) is 0 Å². The lowest BCUT2D eigenvalue weighted by atomic mass is 10.2. The average Bonchev–Trinajstić information content (AvgIpc) is 3.25. The number of carbonyl (C=O) groups is 1. The molecule has 0 aliphatic heterocycles. The van der Waals surface area contributed by atoms with E-state index in [9.17, 15) is 14.0 Å². The minimum absolute atomic E-state index is 0.0349. The van der Waals surface area contributed by atoms with Gasteiger partial charge in [-0.25, -0.2) is 9.37 Å². The molecule has 4 aromatic rings. The molecule has 6 nitrogen and oxygen atoms in total. The summed E-state index contributed by atoms with van der Waals surface area (Å²) >= 11 is 8.17. The molecular weight excluding hydrogens is 473 g/mol. The van der Waals surface area contributed by atoms with Crippen molar-refractivity contribution in [2.24, 2.45) is 0 Å². The van der Waals surface area contributed by atoms with Crippen molar-refractivity contribution in [3.8, 4) is 5.75 Å². The molecule has 10 heteroatoms. The van der Waals surface area contributed by atoms with E-state index in [4.69, 9.17) is 16.3 Å². The van der Waals surface area contributed by atoms with Gasteiger partial charge in [-0.05, 0) is 35.7 Å². The lowest BCUT2D eigenvalue weighted by Gasteiger charge is -2.14. The molecule has 0 saturated heterocycles. The van der Waals surface area contributed by atoms with Crippen LogP contribution >= 0.6 is 34.7 Å². The maximum absolute atomic E-state index is 14.0. The first-order chi connectivity index (χ1) is 15.5. The van der Waals surface area contributed by atoms with Crippen molar-refractivity contribution in [2.75, 3.05) is 18.2 Å². The number of rotatable bonds is 7. The monoisotopic (exact) mass is 489 g/mol. The third-order valence-electron chi connectivity index (χ3n) is 4.59. The zero-order valence-electron chi connectivity index (χ0n) is 16.8. The zero-order chi connectivity index (χ0) is 22.7. The lowest BCUT2D eigenvalue weighted by molar-refractivity contribution is -0.113. The van der Waals surface area contributed by atoms with Gasteiger partial charge in [0.25, 0.3) is 5.56 Å². The molecule has 1 amide bonds. The molecule has 32 heavy (non-hydrogen) atoms. The Kier molecular flexibility index (Phi) is 6.78. The number of amides is 1. The van der Waals surface area contributed by atoms with Crippen LogP contribution < -0.4 is 15.6 Å². The Morgan fingerprint density at radius 1 is 1.28 bits per heavy atom. The van der Waals surface area contributed by atoms with Gasteiger partial charge < -0.3 is 10.1 Å². The van der Waals surface area contributed by atoms with Crippen LogP contribution in [0, 0.1) is 5.82 Å². The van der Waals surface area contributed by atoms with Gasteiger partial charge in [-0.3, -0.25) is 14.2 Å². The summed E-state index contributed by atoms with van der Waals surface area (Å²) in [6.07, 6.45) is 0. The maximum Gasteiger partial charge on any atom is 0.272 e. The number of hydrogen-bond acceptors (Lipinski definition) is 6. The number of aromatic nitrogens is 2. The first-order valence-corrected chi connectivity index (χ1v) is 11.7. The Morgan fingerprint density at radius 3 is 2.88 bits per heavy atom. The number of hydrogen-bond donors (Lipinski definition) is 1. The van der Waals surface area contributed by atoms with Crippen LogP contribution in [-0.4, -0.2) is 28.3 Å². The van der Waals surface area contributed by atoms with Crippen molar-refractivity contribution in [3.63, 3.8) is 0 Å². The predicted octanol–water partition coefficient (Wildman–Crippen LogP) is 5.04. The van der Waals surface area contributed by atoms with E-state index < -0.39 is 11.7 Å². The molecule has 0 atom stereocenters. The van der Waals surface area contributed by atoms with Crippen LogP contribution in [0.2, 0.25) is 5.02 Å². The highest BCUT2D eigenvalue weighted by molar-refractivity contribution is 7.99. The van der Waals surface area contributed by atoms with Crippen LogP contribution in [0.25, 0.3) is 10.2 Å². The van der Waals surface area contributed by atoms with Crippen LogP contribution in [0.1, 0.15) is 5.56 Å². The molecule has 0 aliphatic carbocycles. The molecule has 0 unspecified atom stereocenters. The fraction of sp³-hybridized carbons (Fsp3) is 0.136. The van der Waals surface area contributed by atoms with Gasteiger partial charge in [0.05, 0.1) is 30.6 Å². The number of para-hydroxylation sites is 1. The van der Waals surface area contributed by atoms with Crippen LogP contribution in [0.4, 0.5) is 10.1 Å². The number of anilines is 1. The Balaban J connectivity index is 1.60. The van der Waals surface area contributed by atoms with Crippen molar-refractivity contribution in [2.45, 2.75) is 11.7 Å². The zero-order valence-corrected chi connectivity index (χ0v) is 19.2. The van der Waals surface area contributed by atoms with Gasteiger partial charge in [0, 0.05) is 10.6 Å². The number of methoxy groups -OCH3 is 1. The maximum atomic E-state index is 14.0. The second kappa shape index (κ2) is 9.72. The van der Waals surface area contributed by atoms with E-state index in [1.807, 2.05) is 24.3 Å². The highest BCUT2D eigenvalue weighted by Crippen LogP contribution is 2.25. The third-order valence-corrected chi connectivity index (χ3v) is 6.69. The number of nitrogens with zero attached hydrogens (tertiary/aromatic N) is 2. The van der Waals surface area contributed by atoms with Crippen molar-refractivity contribution in [3.05, 3.63) is 80.7 Å². The molecule has 1 N–H and O–H groups in total. The average molecular weight is 490 g/mol. The molecule has 0 aliphatic rings. The smallest absolute Gasteiger partial charge is 0.272 e. The number of ether oxygens (including phenoxy) is 1. The van der Waals surface area contributed by atoms with Gasteiger partial charge in [-0.2, -0.15) is 0 Å². The van der Waals surface area contributed by atoms with Crippen molar-refractivity contribution >= 4 is 56.5 Å². The SMILES string of the molecule is COc1ccccc1Cn1c(SCC(=O)Nc2ccc(Cl)cc2F)nc2ccsc2c1=O. The summed E-state index contributed by atoms with van der Waals surface area (Å²) in [5.74, 6) is -0.463. The van der Waals surface area contributed by atoms with Gasteiger partial charge in [0.15, 0.2) is 5.16 Å². The highest BCUT2D eigenvalue weighted by atomic mass is 35.5. The number of thioether (sulfide) groups is 1. The molecule has 0 saturated carbocycles. The third kappa shape index (κ3) is 4.79. The molecule has 2 heterocycles. The first-order valence-electron chi connectivity index (χ1n) is 9.44. The molecule has 4 rings (SSSR count). The van der Waals surface area contributed by atoms with E-state index in [1.165, 1.54) is 28.0 Å². The molecule has 0 radical (unpaired) electrons. The van der Waals surface area contributed by atoms with Crippen LogP contribution in [0.5, 0.6) is 5.75 Å². The second-order valence-electron chi connectivity index (χ2n) is 6.69. The van der Waals surface area contributed by atoms with E-state index in [2.05, 4.69) is 10.3 Å². The first kappa shape index (κ1) is 22.3. The molecular formula is C22H17ClFN3O3S2. The minimum atomic E-state index is -0.623. The van der Waals surface area contributed by atoms with E-state index in [-0.39, 0.29) is 28.6 Å². The largest absolute Gasteiger partial charge is 0.496 e. The van der Waals surface area contributed by atoms with Gasteiger partial charge in [-0.1, -0.05) is 41.6 Å². The molecule has 164 valence electrons. The summed E-state index contributed by atoms with van der Waals surface area (Å²) in [6.45, 7) is 0.236. The number of fused-ring (bicyclic) bond motifs is 1. The summed E-state index contributed by atoms with van der Waals surface area (Å²) in [5.41, 5.74) is 1.22. The van der Waals surface area contributed by atoms with Gasteiger partial charge in [0.1, 0.15) is 16.3 Å². The Labute approximate surface area is 196 Å². The fourth-order valence-corrected chi connectivity index (χ4v) is 4.82. The molecule has 2 aromatic carbocycles. The number of nitrogens with one attached hydrogen (secondary N) is 1. The molecule has 0 spiro atoms. The van der Waals surface area contributed by atoms with E-state index in [0.29, 0.717) is 21.1 Å². The quantitative estimate of drug-likeness (QED) is 0.291. The second-order valence-corrected chi connectivity index (χ2v) is 8.99. The fourth-order valence-electron chi connectivity index (χ4n) is 3.08. The highest BCUT2D eigenvalue weighted by Gasteiger charge is 2.16. The number of thiophene rings is 1. The van der Waals surface area contributed by atoms with Gasteiger partial charge >= 0.3 is 0 Å². The summed E-state index contributed by atoms with van der Waals surface area (Å²) in [6, 6.07) is 13.2. The van der Waals surface area contributed by atoms with Gasteiger partial charge in [0.2, 0.25) is 5.91 Å². The normalized spacial score (nSPS) is 11.0. The minimum Gasteiger partial charge on any atom is -0.496 e. The molecule has 0 fully saturated rings.